The molecule has 1 N–H and O–H groups in total. The number of carboxylic acid groups (broad SMARTS) is 1. The second-order valence-corrected chi connectivity index (χ2v) is 8.45. The second kappa shape index (κ2) is 7.20. The van der Waals surface area contributed by atoms with Gasteiger partial charge in [0.1, 0.15) is 6.04 Å². The predicted octanol–water partition coefficient (Wildman–Crippen LogP) is 5.85. The third-order valence-corrected chi connectivity index (χ3v) is 6.61. The quantitative estimate of drug-likeness (QED) is 0.591. The molecule has 1 aromatic heterocycles. The highest BCUT2D eigenvalue weighted by Gasteiger charge is 2.38. The lowest BCUT2D eigenvalue weighted by Crippen LogP contribution is -2.39. The van der Waals surface area contributed by atoms with E-state index in [0.717, 1.165) is 28.8 Å². The Labute approximate surface area is 165 Å². The van der Waals surface area contributed by atoms with E-state index in [1.54, 1.807) is 17.4 Å². The average molecular weight is 406 g/mol. The van der Waals surface area contributed by atoms with Crippen molar-refractivity contribution in [3.63, 3.8) is 0 Å². The van der Waals surface area contributed by atoms with E-state index < -0.39 is 12.0 Å². The molecule has 1 aliphatic rings. The van der Waals surface area contributed by atoms with Crippen molar-refractivity contribution < 1.29 is 9.90 Å². The van der Waals surface area contributed by atoms with Crippen LogP contribution in [0.4, 0.5) is 0 Å². The summed E-state index contributed by atoms with van der Waals surface area (Å²) >= 11 is 14.3. The number of likely N-dealkylation sites (tertiary alicyclic amines) is 1. The normalized spacial score (nSPS) is 19.1. The fourth-order valence-electron chi connectivity index (χ4n) is 3.72. The van der Waals surface area contributed by atoms with Crippen LogP contribution in [0.3, 0.4) is 0 Å². The van der Waals surface area contributed by atoms with E-state index in [2.05, 4.69) is 23.1 Å². The van der Waals surface area contributed by atoms with E-state index in [1.807, 2.05) is 24.3 Å². The zero-order valence-corrected chi connectivity index (χ0v) is 16.2. The highest BCUT2D eigenvalue weighted by atomic mass is 35.5. The fourth-order valence-corrected chi connectivity index (χ4v) is 5.44. The van der Waals surface area contributed by atoms with Gasteiger partial charge in [-0.25, -0.2) is 0 Å². The van der Waals surface area contributed by atoms with Gasteiger partial charge in [-0.1, -0.05) is 47.5 Å². The van der Waals surface area contributed by atoms with Crippen molar-refractivity contribution in [2.45, 2.75) is 24.9 Å². The first kappa shape index (κ1) is 17.8. The van der Waals surface area contributed by atoms with Crippen LogP contribution in [0.1, 0.15) is 29.3 Å². The minimum absolute atomic E-state index is 0.194. The van der Waals surface area contributed by atoms with Crippen LogP contribution in [0.15, 0.2) is 48.5 Å². The Bertz CT molecular complexity index is 938. The van der Waals surface area contributed by atoms with Crippen LogP contribution in [0, 0.1) is 0 Å². The highest BCUT2D eigenvalue weighted by molar-refractivity contribution is 7.19. The number of thiophene rings is 1. The number of fused-ring (bicyclic) bond motifs is 1. The van der Waals surface area contributed by atoms with Crippen LogP contribution in [0.2, 0.25) is 10.0 Å². The molecule has 1 saturated heterocycles. The SMILES string of the molecule is O=C(O)C1CCCN1C(c1cc2ccccc2s1)c1ccc(Cl)cc1Cl. The minimum atomic E-state index is -0.779. The Morgan fingerprint density at radius 1 is 1.19 bits per heavy atom. The van der Waals surface area contributed by atoms with Crippen LogP contribution >= 0.6 is 34.5 Å². The number of aliphatic carboxylic acids is 1. The number of nitrogens with zero attached hydrogens (tertiary/aromatic N) is 1. The monoisotopic (exact) mass is 405 g/mol. The summed E-state index contributed by atoms with van der Waals surface area (Å²) in [5.74, 6) is -0.779. The largest absolute Gasteiger partial charge is 0.480 e. The molecular formula is C20H17Cl2NO2S. The smallest absolute Gasteiger partial charge is 0.320 e. The van der Waals surface area contributed by atoms with Gasteiger partial charge in [-0.15, -0.1) is 11.3 Å². The molecule has 0 saturated carbocycles. The van der Waals surface area contributed by atoms with Gasteiger partial charge in [-0.2, -0.15) is 0 Å². The van der Waals surface area contributed by atoms with Crippen LogP contribution < -0.4 is 0 Å². The van der Waals surface area contributed by atoms with Crippen LogP contribution in [0.25, 0.3) is 10.1 Å². The van der Waals surface area contributed by atoms with Crippen LogP contribution in [0.5, 0.6) is 0 Å². The summed E-state index contributed by atoms with van der Waals surface area (Å²) in [4.78, 5) is 15.0. The number of benzene rings is 2. The molecule has 3 nitrogen and oxygen atoms in total. The number of halogens is 2. The Hall–Kier alpha value is -1.59. The maximum atomic E-state index is 11.8. The molecule has 2 aromatic carbocycles. The van der Waals surface area contributed by atoms with Crippen molar-refractivity contribution in [1.29, 1.82) is 0 Å². The highest BCUT2D eigenvalue weighted by Crippen LogP contribution is 2.42. The number of hydrogen-bond donors (Lipinski definition) is 1. The molecule has 2 heterocycles. The molecular weight excluding hydrogens is 389 g/mol. The van der Waals surface area contributed by atoms with Crippen molar-refractivity contribution in [3.05, 3.63) is 69.0 Å². The number of carboxylic acids is 1. The second-order valence-electron chi connectivity index (χ2n) is 6.49. The van der Waals surface area contributed by atoms with Crippen molar-refractivity contribution in [1.82, 2.24) is 4.90 Å². The summed E-state index contributed by atoms with van der Waals surface area (Å²) in [6.45, 7) is 0.731. The van der Waals surface area contributed by atoms with Gasteiger partial charge < -0.3 is 5.11 Å². The molecule has 2 unspecified atom stereocenters. The van der Waals surface area contributed by atoms with Gasteiger partial charge in [-0.3, -0.25) is 9.69 Å². The van der Waals surface area contributed by atoms with Gasteiger partial charge in [0.05, 0.1) is 6.04 Å². The molecule has 2 atom stereocenters. The lowest BCUT2D eigenvalue weighted by molar-refractivity contribution is -0.142. The molecule has 26 heavy (non-hydrogen) atoms. The molecule has 0 radical (unpaired) electrons. The molecule has 0 bridgehead atoms. The number of carbonyl (C=O) groups is 1. The van der Waals surface area contributed by atoms with E-state index in [0.29, 0.717) is 16.5 Å². The first-order valence-electron chi connectivity index (χ1n) is 8.46. The zero-order valence-electron chi connectivity index (χ0n) is 13.9. The van der Waals surface area contributed by atoms with Gasteiger partial charge >= 0.3 is 5.97 Å². The van der Waals surface area contributed by atoms with E-state index in [-0.39, 0.29) is 6.04 Å². The molecule has 0 spiro atoms. The van der Waals surface area contributed by atoms with Gasteiger partial charge in [-0.05, 0) is 48.1 Å². The van der Waals surface area contributed by atoms with Crippen molar-refractivity contribution in [2.24, 2.45) is 0 Å². The summed E-state index contributed by atoms with van der Waals surface area (Å²) in [6.07, 6.45) is 1.52. The number of hydrogen-bond acceptors (Lipinski definition) is 3. The van der Waals surface area contributed by atoms with E-state index in [1.165, 1.54) is 4.70 Å². The van der Waals surface area contributed by atoms with Gasteiger partial charge in [0.2, 0.25) is 0 Å². The van der Waals surface area contributed by atoms with Crippen LogP contribution in [-0.4, -0.2) is 28.6 Å². The maximum absolute atomic E-state index is 11.8. The summed E-state index contributed by atoms with van der Waals surface area (Å²) in [7, 11) is 0. The lowest BCUT2D eigenvalue weighted by Gasteiger charge is -2.31. The third-order valence-electron chi connectivity index (χ3n) is 4.88. The summed E-state index contributed by atoms with van der Waals surface area (Å²) in [6, 6.07) is 15.1. The summed E-state index contributed by atoms with van der Waals surface area (Å²) in [5.41, 5.74) is 0.899. The van der Waals surface area contributed by atoms with E-state index >= 15 is 0 Å². The Kier molecular flexibility index (Phi) is 4.93. The minimum Gasteiger partial charge on any atom is -0.480 e. The fraction of sp³-hybridized carbons (Fsp3) is 0.250. The molecule has 1 aliphatic heterocycles. The average Bonchev–Trinajstić information content (AvgIpc) is 3.24. The standard InChI is InChI=1S/C20H17Cl2NO2S/c21-13-7-8-14(15(22)11-13)19(23-9-3-5-16(23)20(24)25)18-10-12-4-1-2-6-17(12)26-18/h1-2,4,6-8,10-11,16,19H,3,5,9H2,(H,24,25). The molecule has 3 aromatic rings. The van der Waals surface area contributed by atoms with Crippen molar-refractivity contribution >= 4 is 50.6 Å². The van der Waals surface area contributed by atoms with Gasteiger partial charge in [0.25, 0.3) is 0 Å². The number of rotatable bonds is 4. The summed E-state index contributed by atoms with van der Waals surface area (Å²) < 4.78 is 1.18. The first-order valence-corrected chi connectivity index (χ1v) is 10.0. The first-order chi connectivity index (χ1) is 12.5. The predicted molar refractivity (Wildman–Crippen MR) is 107 cm³/mol. The maximum Gasteiger partial charge on any atom is 0.320 e. The molecule has 0 amide bonds. The molecule has 0 aliphatic carbocycles. The molecule has 4 rings (SSSR count). The Morgan fingerprint density at radius 2 is 2.00 bits per heavy atom. The Morgan fingerprint density at radius 3 is 2.73 bits per heavy atom. The van der Waals surface area contributed by atoms with E-state index in [9.17, 15) is 9.90 Å². The van der Waals surface area contributed by atoms with Gasteiger partial charge in [0.15, 0.2) is 0 Å². The third kappa shape index (κ3) is 3.23. The lowest BCUT2D eigenvalue weighted by atomic mass is 10.0. The zero-order chi connectivity index (χ0) is 18.3. The Balaban J connectivity index is 1.87. The van der Waals surface area contributed by atoms with Gasteiger partial charge in [0, 0.05) is 26.2 Å². The van der Waals surface area contributed by atoms with E-state index in [4.69, 9.17) is 23.2 Å². The van der Waals surface area contributed by atoms with Crippen molar-refractivity contribution in [3.8, 4) is 0 Å². The van der Waals surface area contributed by atoms with Crippen molar-refractivity contribution in [2.75, 3.05) is 6.54 Å². The molecule has 134 valence electrons. The molecule has 1 fully saturated rings. The summed E-state index contributed by atoms with van der Waals surface area (Å²) in [5, 5.41) is 12.0. The molecule has 6 heteroatoms. The van der Waals surface area contributed by atoms with Crippen LogP contribution in [-0.2, 0) is 4.79 Å². The topological polar surface area (TPSA) is 40.5 Å².